The van der Waals surface area contributed by atoms with Crippen molar-refractivity contribution in [1.29, 1.82) is 0 Å². The first kappa shape index (κ1) is 20.8. The maximum absolute atomic E-state index is 12.6. The number of hydrogen-bond acceptors (Lipinski definition) is 4. The summed E-state index contributed by atoms with van der Waals surface area (Å²) in [6, 6.07) is 5.71. The van der Waals surface area contributed by atoms with Gasteiger partial charge in [-0.15, -0.1) is 0 Å². The third kappa shape index (κ3) is 5.78. The van der Waals surface area contributed by atoms with Crippen LogP contribution in [0.4, 0.5) is 8.78 Å². The molecular formula is C20H30F2N4O2. The molecule has 2 fully saturated rings. The molecule has 0 bridgehead atoms. The fraction of sp³-hybridized carbons (Fsp3) is 0.650. The Morgan fingerprint density at radius 2 is 2.25 bits per heavy atom. The Morgan fingerprint density at radius 1 is 1.39 bits per heavy atom. The zero-order valence-corrected chi connectivity index (χ0v) is 16.6. The SMILES string of the molecule is CCNC(=NCc1cc(C)ccc1OC(F)F)NCC1CN2CCCC2CO1. The normalized spacial score (nSPS) is 23.0. The topological polar surface area (TPSA) is 58.1 Å². The number of aliphatic imine (C=N–C) groups is 1. The van der Waals surface area contributed by atoms with Crippen molar-refractivity contribution in [1.82, 2.24) is 15.5 Å². The van der Waals surface area contributed by atoms with Gasteiger partial charge in [-0.2, -0.15) is 8.78 Å². The molecule has 156 valence electrons. The zero-order chi connectivity index (χ0) is 19.9. The van der Waals surface area contributed by atoms with Gasteiger partial charge in [0.05, 0.1) is 19.3 Å². The van der Waals surface area contributed by atoms with E-state index >= 15 is 0 Å². The minimum absolute atomic E-state index is 0.120. The second kappa shape index (κ2) is 10.0. The van der Waals surface area contributed by atoms with E-state index in [1.165, 1.54) is 12.8 Å². The van der Waals surface area contributed by atoms with E-state index in [-0.39, 0.29) is 18.4 Å². The molecule has 6 nitrogen and oxygen atoms in total. The Balaban J connectivity index is 1.59. The van der Waals surface area contributed by atoms with Crippen molar-refractivity contribution < 1.29 is 18.3 Å². The quantitative estimate of drug-likeness (QED) is 0.548. The standard InChI is InChI=1S/C20H30F2N4O2/c1-3-23-20(25-11-17-12-26-8-4-5-16(26)13-27-17)24-10-15-9-14(2)6-7-18(15)28-19(21)22/h6-7,9,16-17,19H,3-5,8,10-13H2,1-2H3,(H2,23,24,25). The van der Waals surface area contributed by atoms with Crippen LogP contribution in [0, 0.1) is 6.92 Å². The number of rotatable bonds is 7. The van der Waals surface area contributed by atoms with Crippen molar-refractivity contribution >= 4 is 5.96 Å². The van der Waals surface area contributed by atoms with Crippen LogP contribution in [0.25, 0.3) is 0 Å². The number of hydrogen-bond donors (Lipinski definition) is 2. The van der Waals surface area contributed by atoms with E-state index in [9.17, 15) is 8.78 Å². The monoisotopic (exact) mass is 396 g/mol. The summed E-state index contributed by atoms with van der Waals surface area (Å²) in [7, 11) is 0. The summed E-state index contributed by atoms with van der Waals surface area (Å²) in [4.78, 5) is 7.04. The lowest BCUT2D eigenvalue weighted by molar-refractivity contribution is -0.0504. The van der Waals surface area contributed by atoms with Gasteiger partial charge in [0.2, 0.25) is 0 Å². The molecule has 2 saturated heterocycles. The molecule has 2 heterocycles. The molecule has 3 rings (SSSR count). The third-order valence-electron chi connectivity index (χ3n) is 5.14. The van der Waals surface area contributed by atoms with Gasteiger partial charge in [-0.3, -0.25) is 4.90 Å². The van der Waals surface area contributed by atoms with Crippen LogP contribution in [0.1, 0.15) is 30.9 Å². The van der Waals surface area contributed by atoms with E-state index in [0.29, 0.717) is 30.7 Å². The second-order valence-corrected chi connectivity index (χ2v) is 7.31. The lowest BCUT2D eigenvalue weighted by Crippen LogP contribution is -2.51. The fourth-order valence-corrected chi connectivity index (χ4v) is 3.77. The summed E-state index contributed by atoms with van der Waals surface area (Å²) in [5.41, 5.74) is 1.60. The van der Waals surface area contributed by atoms with Crippen LogP contribution in [-0.2, 0) is 11.3 Å². The summed E-state index contributed by atoms with van der Waals surface area (Å²) in [5.74, 6) is 0.801. The summed E-state index contributed by atoms with van der Waals surface area (Å²) in [6.07, 6.45) is 2.59. The van der Waals surface area contributed by atoms with Gasteiger partial charge in [-0.25, -0.2) is 4.99 Å². The number of morpholine rings is 1. The highest BCUT2D eigenvalue weighted by Gasteiger charge is 2.32. The molecule has 2 aliphatic heterocycles. The molecule has 0 radical (unpaired) electrons. The van der Waals surface area contributed by atoms with Gasteiger partial charge >= 0.3 is 6.61 Å². The average Bonchev–Trinajstić information content (AvgIpc) is 3.13. The molecule has 1 aromatic rings. The fourth-order valence-electron chi connectivity index (χ4n) is 3.77. The third-order valence-corrected chi connectivity index (χ3v) is 5.14. The smallest absolute Gasteiger partial charge is 0.387 e. The molecule has 2 atom stereocenters. The maximum Gasteiger partial charge on any atom is 0.387 e. The predicted octanol–water partition coefficient (Wildman–Crippen LogP) is 2.51. The molecule has 1 aromatic carbocycles. The van der Waals surface area contributed by atoms with Gasteiger partial charge in [-0.1, -0.05) is 17.7 Å². The summed E-state index contributed by atoms with van der Waals surface area (Å²) >= 11 is 0. The van der Waals surface area contributed by atoms with E-state index in [4.69, 9.17) is 4.74 Å². The van der Waals surface area contributed by atoms with Crippen LogP contribution in [-0.4, -0.2) is 62.4 Å². The van der Waals surface area contributed by atoms with Crippen molar-refractivity contribution in [3.05, 3.63) is 29.3 Å². The van der Waals surface area contributed by atoms with Crippen molar-refractivity contribution in [3.63, 3.8) is 0 Å². The Kier molecular flexibility index (Phi) is 7.44. The molecule has 0 amide bonds. The number of halogens is 2. The number of ether oxygens (including phenoxy) is 2. The number of nitrogens with zero attached hydrogens (tertiary/aromatic N) is 2. The minimum Gasteiger partial charge on any atom is -0.434 e. The van der Waals surface area contributed by atoms with Crippen molar-refractivity contribution in [2.45, 2.75) is 52.0 Å². The van der Waals surface area contributed by atoms with Gasteiger partial charge < -0.3 is 20.1 Å². The largest absolute Gasteiger partial charge is 0.434 e. The zero-order valence-electron chi connectivity index (χ0n) is 16.6. The summed E-state index contributed by atoms with van der Waals surface area (Å²) in [5, 5.41) is 6.51. The molecule has 8 heteroatoms. The number of nitrogens with one attached hydrogen (secondary N) is 2. The highest BCUT2D eigenvalue weighted by molar-refractivity contribution is 5.79. The molecule has 0 aliphatic carbocycles. The van der Waals surface area contributed by atoms with Gasteiger partial charge in [0.15, 0.2) is 5.96 Å². The molecule has 2 aliphatic rings. The number of guanidine groups is 1. The lowest BCUT2D eigenvalue weighted by Gasteiger charge is -2.35. The Labute approximate surface area is 165 Å². The molecule has 2 N–H and O–H groups in total. The van der Waals surface area contributed by atoms with E-state index in [1.807, 2.05) is 19.9 Å². The van der Waals surface area contributed by atoms with Gasteiger partial charge in [0.1, 0.15) is 5.75 Å². The predicted molar refractivity (Wildman–Crippen MR) is 105 cm³/mol. The Morgan fingerprint density at radius 3 is 3.04 bits per heavy atom. The van der Waals surface area contributed by atoms with Gasteiger partial charge in [0, 0.05) is 31.2 Å². The van der Waals surface area contributed by atoms with Crippen molar-refractivity contribution in [2.24, 2.45) is 4.99 Å². The van der Waals surface area contributed by atoms with Crippen LogP contribution >= 0.6 is 0 Å². The first-order chi connectivity index (χ1) is 13.5. The number of aryl methyl sites for hydroxylation is 1. The number of benzene rings is 1. The maximum atomic E-state index is 12.6. The highest BCUT2D eigenvalue weighted by Crippen LogP contribution is 2.23. The number of fused-ring (bicyclic) bond motifs is 1. The van der Waals surface area contributed by atoms with Crippen LogP contribution in [0.15, 0.2) is 23.2 Å². The molecule has 2 unspecified atom stereocenters. The number of alkyl halides is 2. The highest BCUT2D eigenvalue weighted by atomic mass is 19.3. The van der Waals surface area contributed by atoms with Crippen LogP contribution < -0.4 is 15.4 Å². The van der Waals surface area contributed by atoms with E-state index < -0.39 is 6.61 Å². The van der Waals surface area contributed by atoms with E-state index in [2.05, 4.69) is 25.3 Å². The average molecular weight is 396 g/mol. The first-order valence-electron chi connectivity index (χ1n) is 9.97. The minimum atomic E-state index is -2.85. The molecule has 28 heavy (non-hydrogen) atoms. The van der Waals surface area contributed by atoms with Gasteiger partial charge in [0.25, 0.3) is 0 Å². The van der Waals surface area contributed by atoms with E-state index in [0.717, 1.165) is 25.3 Å². The van der Waals surface area contributed by atoms with Crippen LogP contribution in [0.2, 0.25) is 0 Å². The second-order valence-electron chi connectivity index (χ2n) is 7.31. The van der Waals surface area contributed by atoms with Crippen LogP contribution in [0.5, 0.6) is 5.75 Å². The van der Waals surface area contributed by atoms with Crippen molar-refractivity contribution in [2.75, 3.05) is 32.8 Å². The molecule has 0 saturated carbocycles. The summed E-state index contributed by atoms with van der Waals surface area (Å²) in [6.45, 7) is 5.53. The molecular weight excluding hydrogens is 366 g/mol. The van der Waals surface area contributed by atoms with Crippen molar-refractivity contribution in [3.8, 4) is 5.75 Å². The van der Waals surface area contributed by atoms with Crippen LogP contribution in [0.3, 0.4) is 0 Å². The van der Waals surface area contributed by atoms with E-state index in [1.54, 1.807) is 12.1 Å². The molecule has 0 spiro atoms. The summed E-state index contributed by atoms with van der Waals surface area (Å²) < 4.78 is 35.9. The Hall–Kier alpha value is -1.93. The van der Waals surface area contributed by atoms with Gasteiger partial charge in [-0.05, 0) is 39.3 Å². The first-order valence-corrected chi connectivity index (χ1v) is 9.97. The lowest BCUT2D eigenvalue weighted by atomic mass is 10.1. The Bertz CT molecular complexity index is 672. The molecule has 0 aromatic heterocycles.